The van der Waals surface area contributed by atoms with E-state index in [1.807, 2.05) is 26.0 Å². The van der Waals surface area contributed by atoms with Gasteiger partial charge >= 0.3 is 6.01 Å². The molecule has 2 heterocycles. The van der Waals surface area contributed by atoms with Crippen LogP contribution >= 0.6 is 0 Å². The number of ether oxygens (including phenoxy) is 3. The standard InChI is InChI=1S/C22H21N3O6/c1-4-28-15-10-9-14(12-17(15)29-5-2)21-24-25-22(31-21)23-20(26)18-11-13-7-6-8-16(27-3)19(13)30-18/h6-12H,4-5H2,1-3H3,(H,23,25,26). The van der Waals surface area contributed by atoms with E-state index in [-0.39, 0.29) is 17.7 Å². The second-order valence-electron chi connectivity index (χ2n) is 6.38. The largest absolute Gasteiger partial charge is 0.493 e. The summed E-state index contributed by atoms with van der Waals surface area (Å²) in [5.74, 6) is 1.54. The molecule has 2 aromatic heterocycles. The number of benzene rings is 2. The van der Waals surface area contributed by atoms with E-state index >= 15 is 0 Å². The Kier molecular flexibility index (Phi) is 5.74. The minimum absolute atomic E-state index is 0.0562. The monoisotopic (exact) mass is 423 g/mol. The van der Waals surface area contributed by atoms with Gasteiger partial charge in [0.05, 0.1) is 20.3 Å². The highest BCUT2D eigenvalue weighted by molar-refractivity contribution is 6.04. The fraction of sp³-hybridized carbons (Fsp3) is 0.227. The fourth-order valence-electron chi connectivity index (χ4n) is 3.04. The molecule has 0 atom stereocenters. The van der Waals surface area contributed by atoms with E-state index in [1.165, 1.54) is 7.11 Å². The van der Waals surface area contributed by atoms with Crippen LogP contribution in [0.25, 0.3) is 22.4 Å². The average Bonchev–Trinajstić information content (AvgIpc) is 3.42. The maximum Gasteiger partial charge on any atom is 0.322 e. The zero-order valence-corrected chi connectivity index (χ0v) is 17.3. The van der Waals surface area contributed by atoms with E-state index in [0.29, 0.717) is 41.6 Å². The zero-order chi connectivity index (χ0) is 21.8. The van der Waals surface area contributed by atoms with Gasteiger partial charge < -0.3 is 23.0 Å². The molecular weight excluding hydrogens is 402 g/mol. The van der Waals surface area contributed by atoms with Crippen LogP contribution in [0.5, 0.6) is 17.2 Å². The van der Waals surface area contributed by atoms with Crippen LogP contribution in [-0.2, 0) is 0 Å². The van der Waals surface area contributed by atoms with E-state index in [2.05, 4.69) is 15.5 Å². The molecule has 9 heteroatoms. The third-order valence-corrected chi connectivity index (χ3v) is 4.39. The number of aromatic nitrogens is 2. The second kappa shape index (κ2) is 8.78. The number of nitrogens with one attached hydrogen (secondary N) is 1. The quantitative estimate of drug-likeness (QED) is 0.440. The summed E-state index contributed by atoms with van der Waals surface area (Å²) in [5.41, 5.74) is 1.12. The van der Waals surface area contributed by atoms with Gasteiger partial charge in [-0.3, -0.25) is 10.1 Å². The summed E-state index contributed by atoms with van der Waals surface area (Å²) in [5, 5.41) is 11.2. The smallest absolute Gasteiger partial charge is 0.322 e. The van der Waals surface area contributed by atoms with E-state index < -0.39 is 5.91 Å². The van der Waals surface area contributed by atoms with Crippen molar-refractivity contribution in [2.45, 2.75) is 13.8 Å². The number of fused-ring (bicyclic) bond motifs is 1. The van der Waals surface area contributed by atoms with Crippen LogP contribution in [-0.4, -0.2) is 36.4 Å². The predicted octanol–water partition coefficient (Wildman–Crippen LogP) is 4.54. The number of hydrogen-bond acceptors (Lipinski definition) is 8. The van der Waals surface area contributed by atoms with Crippen LogP contribution in [0.2, 0.25) is 0 Å². The third kappa shape index (κ3) is 4.16. The van der Waals surface area contributed by atoms with Crippen molar-refractivity contribution in [3.63, 3.8) is 0 Å². The lowest BCUT2D eigenvalue weighted by atomic mass is 10.2. The highest BCUT2D eigenvalue weighted by atomic mass is 16.5. The molecule has 0 spiro atoms. The van der Waals surface area contributed by atoms with Crippen molar-refractivity contribution in [3.05, 3.63) is 48.2 Å². The lowest BCUT2D eigenvalue weighted by molar-refractivity contribution is 0.0995. The average molecular weight is 423 g/mol. The number of anilines is 1. The maximum atomic E-state index is 12.6. The predicted molar refractivity (Wildman–Crippen MR) is 113 cm³/mol. The van der Waals surface area contributed by atoms with Gasteiger partial charge in [-0.1, -0.05) is 17.2 Å². The van der Waals surface area contributed by atoms with Gasteiger partial charge in [-0.25, -0.2) is 0 Å². The number of methoxy groups -OCH3 is 1. The Balaban J connectivity index is 1.54. The number of para-hydroxylation sites is 1. The van der Waals surface area contributed by atoms with Crippen molar-refractivity contribution >= 4 is 22.9 Å². The van der Waals surface area contributed by atoms with Crippen molar-refractivity contribution in [3.8, 4) is 28.7 Å². The zero-order valence-electron chi connectivity index (χ0n) is 17.3. The van der Waals surface area contributed by atoms with Gasteiger partial charge in [0.2, 0.25) is 5.89 Å². The Labute approximate surface area is 177 Å². The Bertz CT molecular complexity index is 1210. The first-order valence-corrected chi connectivity index (χ1v) is 9.74. The molecule has 0 unspecified atom stereocenters. The van der Waals surface area contributed by atoms with E-state index in [4.69, 9.17) is 23.0 Å². The Morgan fingerprint density at radius 2 is 1.77 bits per heavy atom. The lowest BCUT2D eigenvalue weighted by Gasteiger charge is -2.11. The summed E-state index contributed by atoms with van der Waals surface area (Å²) in [6.07, 6.45) is 0. The van der Waals surface area contributed by atoms with Gasteiger partial charge in [-0.05, 0) is 44.2 Å². The van der Waals surface area contributed by atoms with Gasteiger partial charge in [0.1, 0.15) is 0 Å². The van der Waals surface area contributed by atoms with Crippen molar-refractivity contribution < 1.29 is 27.8 Å². The molecule has 0 aliphatic heterocycles. The van der Waals surface area contributed by atoms with E-state index in [0.717, 1.165) is 5.39 Å². The molecule has 2 aromatic carbocycles. The number of carbonyl (C=O) groups excluding carboxylic acids is 1. The number of amides is 1. The summed E-state index contributed by atoms with van der Waals surface area (Å²) >= 11 is 0. The van der Waals surface area contributed by atoms with Crippen LogP contribution in [0.4, 0.5) is 6.01 Å². The third-order valence-electron chi connectivity index (χ3n) is 4.39. The van der Waals surface area contributed by atoms with Crippen molar-refractivity contribution in [2.75, 3.05) is 25.6 Å². The van der Waals surface area contributed by atoms with Gasteiger partial charge in [0, 0.05) is 10.9 Å². The summed E-state index contributed by atoms with van der Waals surface area (Å²) in [6, 6.07) is 12.3. The molecule has 0 aliphatic carbocycles. The van der Waals surface area contributed by atoms with Crippen LogP contribution in [0.15, 0.2) is 51.3 Å². The second-order valence-corrected chi connectivity index (χ2v) is 6.38. The first-order chi connectivity index (χ1) is 15.1. The minimum Gasteiger partial charge on any atom is -0.493 e. The van der Waals surface area contributed by atoms with Crippen LogP contribution in [0, 0.1) is 0 Å². The molecule has 9 nitrogen and oxygen atoms in total. The van der Waals surface area contributed by atoms with Gasteiger partial charge in [-0.2, -0.15) is 0 Å². The first-order valence-electron chi connectivity index (χ1n) is 9.74. The van der Waals surface area contributed by atoms with Crippen LogP contribution < -0.4 is 19.5 Å². The van der Waals surface area contributed by atoms with E-state index in [9.17, 15) is 4.79 Å². The molecular formula is C22H21N3O6. The number of furan rings is 1. The molecule has 160 valence electrons. The molecule has 4 aromatic rings. The molecule has 0 aliphatic rings. The maximum absolute atomic E-state index is 12.6. The molecule has 0 saturated heterocycles. The molecule has 0 fully saturated rings. The van der Waals surface area contributed by atoms with Crippen LogP contribution in [0.3, 0.4) is 0 Å². The van der Waals surface area contributed by atoms with Gasteiger partial charge in [0.25, 0.3) is 5.91 Å². The van der Waals surface area contributed by atoms with Gasteiger partial charge in [0.15, 0.2) is 28.6 Å². The summed E-state index contributed by atoms with van der Waals surface area (Å²) in [4.78, 5) is 12.6. The summed E-state index contributed by atoms with van der Waals surface area (Å²) in [6.45, 7) is 4.78. The lowest BCUT2D eigenvalue weighted by Crippen LogP contribution is -2.10. The minimum atomic E-state index is -0.518. The van der Waals surface area contributed by atoms with Gasteiger partial charge in [-0.15, -0.1) is 5.10 Å². The molecule has 31 heavy (non-hydrogen) atoms. The molecule has 1 N–H and O–H groups in total. The number of carbonyl (C=O) groups is 1. The van der Waals surface area contributed by atoms with Crippen molar-refractivity contribution in [1.29, 1.82) is 0 Å². The van der Waals surface area contributed by atoms with Crippen molar-refractivity contribution in [2.24, 2.45) is 0 Å². The van der Waals surface area contributed by atoms with Crippen LogP contribution in [0.1, 0.15) is 24.4 Å². The Morgan fingerprint density at radius 1 is 0.968 bits per heavy atom. The molecule has 0 bridgehead atoms. The Hall–Kier alpha value is -4.01. The topological polar surface area (TPSA) is 109 Å². The normalized spacial score (nSPS) is 10.8. The molecule has 0 saturated carbocycles. The highest BCUT2D eigenvalue weighted by Crippen LogP contribution is 2.33. The number of rotatable bonds is 8. The molecule has 0 radical (unpaired) electrons. The summed E-state index contributed by atoms with van der Waals surface area (Å²) < 4.78 is 27.7. The highest BCUT2D eigenvalue weighted by Gasteiger charge is 2.18. The number of nitrogens with zero attached hydrogens (tertiary/aromatic N) is 2. The first kappa shape index (κ1) is 20.3. The molecule has 1 amide bonds. The SMILES string of the molecule is CCOc1ccc(-c2nnc(NC(=O)c3cc4cccc(OC)c4o3)o2)cc1OCC. The number of hydrogen-bond donors (Lipinski definition) is 1. The molecule has 4 rings (SSSR count). The van der Waals surface area contributed by atoms with E-state index in [1.54, 1.807) is 30.3 Å². The Morgan fingerprint density at radius 3 is 2.55 bits per heavy atom. The summed E-state index contributed by atoms with van der Waals surface area (Å²) in [7, 11) is 1.54. The fourth-order valence-corrected chi connectivity index (χ4v) is 3.04. The van der Waals surface area contributed by atoms with Crippen molar-refractivity contribution in [1.82, 2.24) is 10.2 Å².